The minimum atomic E-state index is -0.445. The molecule has 0 saturated heterocycles. The zero-order valence-corrected chi connectivity index (χ0v) is 11.5. The number of amides is 2. The highest BCUT2D eigenvalue weighted by molar-refractivity contribution is 5.99. The smallest absolute Gasteiger partial charge is 0.287 e. The molecule has 0 unspecified atom stereocenters. The van der Waals surface area contributed by atoms with Gasteiger partial charge in [0, 0.05) is 0 Å². The van der Waals surface area contributed by atoms with E-state index in [1.807, 2.05) is 30.3 Å². The van der Waals surface area contributed by atoms with Crippen molar-refractivity contribution in [3.8, 4) is 0 Å². The van der Waals surface area contributed by atoms with Gasteiger partial charge in [-0.05, 0) is 24.6 Å². The lowest BCUT2D eigenvalue weighted by Gasteiger charge is -2.04. The van der Waals surface area contributed by atoms with Crippen molar-refractivity contribution in [2.75, 3.05) is 6.54 Å². The summed E-state index contributed by atoms with van der Waals surface area (Å²) in [5.74, 6) is -0.698. The highest BCUT2D eigenvalue weighted by Crippen LogP contribution is 2.00. The Morgan fingerprint density at radius 1 is 1.14 bits per heavy atom. The molecule has 0 saturated carbocycles. The molecule has 2 rings (SSSR count). The van der Waals surface area contributed by atoms with E-state index in [0.717, 1.165) is 5.56 Å². The van der Waals surface area contributed by atoms with Crippen LogP contribution in [0.2, 0.25) is 0 Å². The SMILES string of the molecule is CC(=NNC(=O)CNC(=O)c1ccco1)c1ccccc1. The standard InChI is InChI=1S/C15H15N3O3/c1-11(12-6-3-2-4-7-12)17-18-14(19)10-16-15(20)13-8-5-9-21-13/h2-9H,10H2,1H3,(H,16,20)(H,18,19). The van der Waals surface area contributed by atoms with Crippen LogP contribution in [-0.2, 0) is 4.79 Å². The first kappa shape index (κ1) is 14.5. The summed E-state index contributed by atoms with van der Waals surface area (Å²) >= 11 is 0. The summed E-state index contributed by atoms with van der Waals surface area (Å²) in [5.41, 5.74) is 3.98. The van der Waals surface area contributed by atoms with Gasteiger partial charge in [0.1, 0.15) is 0 Å². The first-order valence-electron chi connectivity index (χ1n) is 6.37. The molecule has 0 atom stereocenters. The van der Waals surface area contributed by atoms with Crippen molar-refractivity contribution in [1.82, 2.24) is 10.7 Å². The summed E-state index contributed by atoms with van der Waals surface area (Å²) in [6.07, 6.45) is 1.39. The predicted molar refractivity (Wildman–Crippen MR) is 77.8 cm³/mol. The summed E-state index contributed by atoms with van der Waals surface area (Å²) in [7, 11) is 0. The fourth-order valence-corrected chi connectivity index (χ4v) is 1.59. The molecule has 6 nitrogen and oxygen atoms in total. The topological polar surface area (TPSA) is 83.7 Å². The number of hydrogen-bond donors (Lipinski definition) is 2. The van der Waals surface area contributed by atoms with Crippen molar-refractivity contribution < 1.29 is 14.0 Å². The van der Waals surface area contributed by atoms with Crippen LogP contribution in [0.4, 0.5) is 0 Å². The highest BCUT2D eigenvalue weighted by atomic mass is 16.3. The molecule has 0 aliphatic carbocycles. The number of rotatable bonds is 5. The number of benzene rings is 1. The van der Waals surface area contributed by atoms with E-state index in [1.165, 1.54) is 12.3 Å². The van der Waals surface area contributed by atoms with E-state index in [0.29, 0.717) is 5.71 Å². The van der Waals surface area contributed by atoms with Crippen LogP contribution in [-0.4, -0.2) is 24.1 Å². The summed E-state index contributed by atoms with van der Waals surface area (Å²) in [4.78, 5) is 23.1. The summed E-state index contributed by atoms with van der Waals surface area (Å²) < 4.78 is 4.91. The fraction of sp³-hybridized carbons (Fsp3) is 0.133. The molecule has 1 heterocycles. The van der Waals surface area contributed by atoms with Gasteiger partial charge in [0.2, 0.25) is 0 Å². The van der Waals surface area contributed by atoms with Crippen LogP contribution in [0, 0.1) is 0 Å². The van der Waals surface area contributed by atoms with Gasteiger partial charge in [0.25, 0.3) is 11.8 Å². The number of nitrogens with one attached hydrogen (secondary N) is 2. The average Bonchev–Trinajstić information content (AvgIpc) is 3.05. The minimum Gasteiger partial charge on any atom is -0.459 e. The van der Waals surface area contributed by atoms with Gasteiger partial charge in [-0.1, -0.05) is 30.3 Å². The Bertz CT molecular complexity index is 633. The molecule has 1 aromatic carbocycles. The molecule has 6 heteroatoms. The quantitative estimate of drug-likeness (QED) is 0.645. The number of carbonyl (C=O) groups excluding carboxylic acids is 2. The molecule has 2 amide bonds. The summed E-state index contributed by atoms with van der Waals surface area (Å²) in [6.45, 7) is 1.61. The van der Waals surface area contributed by atoms with Crippen molar-refractivity contribution in [3.05, 3.63) is 60.1 Å². The van der Waals surface area contributed by atoms with E-state index in [-0.39, 0.29) is 12.3 Å². The molecule has 0 aliphatic rings. The van der Waals surface area contributed by atoms with E-state index in [4.69, 9.17) is 4.42 Å². The Morgan fingerprint density at radius 3 is 2.57 bits per heavy atom. The van der Waals surface area contributed by atoms with E-state index in [9.17, 15) is 9.59 Å². The third-order valence-electron chi connectivity index (χ3n) is 2.69. The maximum atomic E-state index is 11.6. The highest BCUT2D eigenvalue weighted by Gasteiger charge is 2.09. The van der Waals surface area contributed by atoms with Crippen LogP contribution in [0.25, 0.3) is 0 Å². The van der Waals surface area contributed by atoms with E-state index in [1.54, 1.807) is 13.0 Å². The second kappa shape index (κ2) is 7.04. The van der Waals surface area contributed by atoms with Crippen LogP contribution in [0.1, 0.15) is 23.0 Å². The zero-order valence-electron chi connectivity index (χ0n) is 11.5. The average molecular weight is 285 g/mol. The molecule has 0 spiro atoms. The van der Waals surface area contributed by atoms with E-state index < -0.39 is 11.8 Å². The van der Waals surface area contributed by atoms with Crippen molar-refractivity contribution in [2.24, 2.45) is 5.10 Å². The number of hydrazone groups is 1. The first-order valence-corrected chi connectivity index (χ1v) is 6.37. The summed E-state index contributed by atoms with van der Waals surface area (Å²) in [5, 5.41) is 6.41. The molecule has 108 valence electrons. The van der Waals surface area contributed by atoms with Gasteiger partial charge in [0.05, 0.1) is 18.5 Å². The first-order chi connectivity index (χ1) is 10.2. The number of furan rings is 1. The molecule has 0 fully saturated rings. The van der Waals surface area contributed by atoms with Gasteiger partial charge in [-0.3, -0.25) is 9.59 Å². The molecule has 21 heavy (non-hydrogen) atoms. The molecule has 2 aromatic rings. The van der Waals surface area contributed by atoms with Crippen molar-refractivity contribution in [1.29, 1.82) is 0 Å². The van der Waals surface area contributed by atoms with Gasteiger partial charge in [-0.2, -0.15) is 5.10 Å². The summed E-state index contributed by atoms with van der Waals surface area (Å²) in [6, 6.07) is 12.6. The number of carbonyl (C=O) groups is 2. The Kier molecular flexibility index (Phi) is 4.87. The molecule has 1 aromatic heterocycles. The molecule has 0 radical (unpaired) electrons. The Hall–Kier alpha value is -2.89. The fourth-order valence-electron chi connectivity index (χ4n) is 1.59. The van der Waals surface area contributed by atoms with E-state index >= 15 is 0 Å². The largest absolute Gasteiger partial charge is 0.459 e. The van der Waals surface area contributed by atoms with Gasteiger partial charge < -0.3 is 9.73 Å². The molecular formula is C15H15N3O3. The molecule has 2 N–H and O–H groups in total. The second-order valence-electron chi connectivity index (χ2n) is 4.26. The minimum absolute atomic E-state index is 0.159. The lowest BCUT2D eigenvalue weighted by molar-refractivity contribution is -0.120. The maximum Gasteiger partial charge on any atom is 0.287 e. The molecule has 0 aliphatic heterocycles. The van der Waals surface area contributed by atoms with Crippen LogP contribution in [0.5, 0.6) is 0 Å². The third-order valence-corrected chi connectivity index (χ3v) is 2.69. The van der Waals surface area contributed by atoms with Crippen LogP contribution in [0.3, 0.4) is 0 Å². The van der Waals surface area contributed by atoms with Crippen molar-refractivity contribution in [2.45, 2.75) is 6.92 Å². The van der Waals surface area contributed by atoms with Crippen LogP contribution < -0.4 is 10.7 Å². The van der Waals surface area contributed by atoms with Gasteiger partial charge >= 0.3 is 0 Å². The zero-order chi connectivity index (χ0) is 15.1. The van der Waals surface area contributed by atoms with Gasteiger partial charge in [-0.25, -0.2) is 5.43 Å². The molecule has 0 bridgehead atoms. The predicted octanol–water partition coefficient (Wildman–Crippen LogP) is 1.55. The Morgan fingerprint density at radius 2 is 1.90 bits per heavy atom. The number of hydrogen-bond acceptors (Lipinski definition) is 4. The Balaban J connectivity index is 1.81. The normalized spacial score (nSPS) is 11.0. The lowest BCUT2D eigenvalue weighted by Crippen LogP contribution is -2.35. The Labute approximate surface area is 121 Å². The van der Waals surface area contributed by atoms with Crippen LogP contribution >= 0.6 is 0 Å². The van der Waals surface area contributed by atoms with Gasteiger partial charge in [-0.15, -0.1) is 0 Å². The lowest BCUT2D eigenvalue weighted by atomic mass is 10.1. The maximum absolute atomic E-state index is 11.6. The van der Waals surface area contributed by atoms with E-state index in [2.05, 4.69) is 15.8 Å². The number of nitrogens with zero attached hydrogens (tertiary/aromatic N) is 1. The monoisotopic (exact) mass is 285 g/mol. The molecular weight excluding hydrogens is 270 g/mol. The second-order valence-corrected chi connectivity index (χ2v) is 4.26. The van der Waals surface area contributed by atoms with Crippen LogP contribution in [0.15, 0.2) is 58.2 Å². The third kappa shape index (κ3) is 4.31. The van der Waals surface area contributed by atoms with Crippen molar-refractivity contribution in [3.63, 3.8) is 0 Å². The van der Waals surface area contributed by atoms with Gasteiger partial charge in [0.15, 0.2) is 5.76 Å². The van der Waals surface area contributed by atoms with Crippen molar-refractivity contribution >= 4 is 17.5 Å².